The normalized spacial score (nSPS) is 22.1. The molecular formula is C13H14FNO3. The average molecular weight is 251 g/mol. The molecule has 18 heavy (non-hydrogen) atoms. The number of aliphatic hydroxyl groups is 1. The van der Waals surface area contributed by atoms with Gasteiger partial charge in [-0.15, -0.1) is 0 Å². The van der Waals surface area contributed by atoms with Crippen LogP contribution in [0.3, 0.4) is 0 Å². The van der Waals surface area contributed by atoms with Gasteiger partial charge in [0.25, 0.3) is 5.91 Å². The van der Waals surface area contributed by atoms with Crippen molar-refractivity contribution in [3.63, 3.8) is 0 Å². The Balaban J connectivity index is 2.46. The molecule has 0 fully saturated rings. The minimum Gasteiger partial charge on any atom is -0.481 e. The van der Waals surface area contributed by atoms with Gasteiger partial charge < -0.3 is 9.84 Å². The zero-order valence-corrected chi connectivity index (χ0v) is 10.0. The lowest BCUT2D eigenvalue weighted by molar-refractivity contribution is -0.117. The van der Waals surface area contributed by atoms with Gasteiger partial charge >= 0.3 is 0 Å². The van der Waals surface area contributed by atoms with E-state index in [9.17, 15) is 14.3 Å². The highest BCUT2D eigenvalue weighted by molar-refractivity contribution is 6.05. The minimum atomic E-state index is -1.04. The number of benzene rings is 1. The van der Waals surface area contributed by atoms with Gasteiger partial charge in [-0.1, -0.05) is 18.7 Å². The Labute approximate surface area is 104 Å². The standard InChI is InChI=1S/C13H14FNO3/c1-9(14)12(17)15-7-13(2,8-16)18-11-6-4-3-5-10(11)15/h3-6,16H,1,7-8H2,2H3. The summed E-state index contributed by atoms with van der Waals surface area (Å²) in [6.45, 7) is 4.47. The van der Waals surface area contributed by atoms with E-state index in [4.69, 9.17) is 4.74 Å². The predicted molar refractivity (Wildman–Crippen MR) is 65.2 cm³/mol. The van der Waals surface area contributed by atoms with Crippen LogP contribution in [0.4, 0.5) is 10.1 Å². The molecule has 0 saturated heterocycles. The van der Waals surface area contributed by atoms with Crippen molar-refractivity contribution < 1.29 is 19.0 Å². The lowest BCUT2D eigenvalue weighted by atomic mass is 10.0. The molecule has 2 rings (SSSR count). The monoisotopic (exact) mass is 251 g/mol. The first kappa shape index (κ1) is 12.6. The number of carbonyl (C=O) groups is 1. The molecule has 1 aromatic carbocycles. The molecule has 1 N–H and O–H groups in total. The fourth-order valence-corrected chi connectivity index (χ4v) is 1.89. The van der Waals surface area contributed by atoms with Gasteiger partial charge in [0.2, 0.25) is 0 Å². The van der Waals surface area contributed by atoms with E-state index in [1.54, 1.807) is 31.2 Å². The molecule has 0 saturated carbocycles. The number of aliphatic hydroxyl groups excluding tert-OH is 1. The number of ether oxygens (including phenoxy) is 1. The molecule has 1 aliphatic heterocycles. The van der Waals surface area contributed by atoms with Crippen LogP contribution in [0.1, 0.15) is 6.92 Å². The van der Waals surface area contributed by atoms with Gasteiger partial charge in [-0.05, 0) is 19.1 Å². The Kier molecular flexibility index (Phi) is 3.09. The first-order valence-corrected chi connectivity index (χ1v) is 5.52. The number of anilines is 1. The third-order valence-electron chi connectivity index (χ3n) is 2.82. The van der Waals surface area contributed by atoms with Crippen molar-refractivity contribution in [2.75, 3.05) is 18.1 Å². The van der Waals surface area contributed by atoms with Crippen LogP contribution in [0.2, 0.25) is 0 Å². The number of fused-ring (bicyclic) bond motifs is 1. The van der Waals surface area contributed by atoms with Crippen LogP contribution >= 0.6 is 0 Å². The Morgan fingerprint density at radius 1 is 1.61 bits per heavy atom. The largest absolute Gasteiger partial charge is 0.481 e. The van der Waals surface area contributed by atoms with E-state index in [0.717, 1.165) is 0 Å². The second-order valence-electron chi connectivity index (χ2n) is 4.47. The molecule has 1 atom stereocenters. The molecule has 0 aliphatic carbocycles. The summed E-state index contributed by atoms with van der Waals surface area (Å²) in [5.74, 6) is -1.41. The van der Waals surface area contributed by atoms with E-state index in [1.165, 1.54) is 4.90 Å². The maximum atomic E-state index is 13.0. The van der Waals surface area contributed by atoms with Crippen molar-refractivity contribution in [2.45, 2.75) is 12.5 Å². The molecule has 0 spiro atoms. The van der Waals surface area contributed by atoms with Gasteiger partial charge in [-0.2, -0.15) is 0 Å². The minimum absolute atomic E-state index is 0.0717. The average Bonchev–Trinajstić information content (AvgIpc) is 2.36. The summed E-state index contributed by atoms with van der Waals surface area (Å²) in [5, 5.41) is 9.33. The van der Waals surface area contributed by atoms with E-state index in [2.05, 4.69) is 6.58 Å². The van der Waals surface area contributed by atoms with Gasteiger partial charge in [0.05, 0.1) is 18.8 Å². The third kappa shape index (κ3) is 2.09. The van der Waals surface area contributed by atoms with Crippen LogP contribution in [-0.4, -0.2) is 29.8 Å². The lowest BCUT2D eigenvalue weighted by Gasteiger charge is -2.40. The van der Waals surface area contributed by atoms with E-state index in [0.29, 0.717) is 11.4 Å². The van der Waals surface area contributed by atoms with Crippen LogP contribution in [0.5, 0.6) is 5.75 Å². The zero-order valence-electron chi connectivity index (χ0n) is 10.0. The fourth-order valence-electron chi connectivity index (χ4n) is 1.89. The number of hydrogen-bond donors (Lipinski definition) is 1. The van der Waals surface area contributed by atoms with Crippen LogP contribution in [0.25, 0.3) is 0 Å². The van der Waals surface area contributed by atoms with Gasteiger partial charge in [0.1, 0.15) is 11.4 Å². The Morgan fingerprint density at radius 2 is 2.28 bits per heavy atom. The topological polar surface area (TPSA) is 49.8 Å². The maximum Gasteiger partial charge on any atom is 0.286 e. The number of para-hydroxylation sites is 2. The molecule has 1 unspecified atom stereocenters. The smallest absolute Gasteiger partial charge is 0.286 e. The summed E-state index contributed by atoms with van der Waals surface area (Å²) in [4.78, 5) is 13.0. The van der Waals surface area contributed by atoms with Gasteiger partial charge in [-0.25, -0.2) is 4.39 Å². The van der Waals surface area contributed by atoms with Crippen molar-refractivity contribution in [3.8, 4) is 5.75 Å². The predicted octanol–water partition coefficient (Wildman–Crippen LogP) is 1.65. The summed E-state index contributed by atoms with van der Waals surface area (Å²) in [7, 11) is 0. The number of halogens is 1. The van der Waals surface area contributed by atoms with Crippen molar-refractivity contribution in [1.29, 1.82) is 0 Å². The lowest BCUT2D eigenvalue weighted by Crippen LogP contribution is -2.53. The van der Waals surface area contributed by atoms with Crippen molar-refractivity contribution in [3.05, 3.63) is 36.7 Å². The molecule has 0 radical (unpaired) electrons. The van der Waals surface area contributed by atoms with Crippen LogP contribution in [-0.2, 0) is 4.79 Å². The first-order chi connectivity index (χ1) is 8.47. The van der Waals surface area contributed by atoms with Gasteiger partial charge in [0, 0.05) is 0 Å². The molecule has 0 bridgehead atoms. The first-order valence-electron chi connectivity index (χ1n) is 5.52. The highest BCUT2D eigenvalue weighted by Crippen LogP contribution is 2.37. The SMILES string of the molecule is C=C(F)C(=O)N1CC(C)(CO)Oc2ccccc21. The molecule has 1 aromatic rings. The number of rotatable bonds is 2. The molecule has 5 heteroatoms. The maximum absolute atomic E-state index is 13.0. The van der Waals surface area contributed by atoms with Crippen molar-refractivity contribution >= 4 is 11.6 Å². The van der Waals surface area contributed by atoms with Crippen LogP contribution in [0, 0.1) is 0 Å². The van der Waals surface area contributed by atoms with Crippen molar-refractivity contribution in [2.24, 2.45) is 0 Å². The fraction of sp³-hybridized carbons (Fsp3) is 0.308. The summed E-state index contributed by atoms with van der Waals surface area (Å²) in [5.41, 5.74) is -0.466. The number of amides is 1. The van der Waals surface area contributed by atoms with Crippen molar-refractivity contribution in [1.82, 2.24) is 0 Å². The zero-order chi connectivity index (χ0) is 13.3. The Morgan fingerprint density at radius 3 is 2.89 bits per heavy atom. The van der Waals surface area contributed by atoms with Crippen LogP contribution < -0.4 is 9.64 Å². The van der Waals surface area contributed by atoms with Crippen LogP contribution in [0.15, 0.2) is 36.7 Å². The molecule has 96 valence electrons. The quantitative estimate of drug-likeness (QED) is 0.813. The van der Waals surface area contributed by atoms with E-state index in [-0.39, 0.29) is 13.2 Å². The summed E-state index contributed by atoms with van der Waals surface area (Å²) in [6.07, 6.45) is 0. The second kappa shape index (κ2) is 4.42. The van der Waals surface area contributed by atoms with E-state index in [1.807, 2.05) is 0 Å². The highest BCUT2D eigenvalue weighted by Gasteiger charge is 2.38. The number of carbonyl (C=O) groups excluding carboxylic acids is 1. The van der Waals surface area contributed by atoms with Gasteiger partial charge in [-0.3, -0.25) is 9.69 Å². The highest BCUT2D eigenvalue weighted by atomic mass is 19.1. The Bertz CT molecular complexity index is 503. The number of nitrogens with zero attached hydrogens (tertiary/aromatic N) is 1. The molecule has 1 aliphatic rings. The molecular weight excluding hydrogens is 237 g/mol. The molecule has 4 nitrogen and oxygen atoms in total. The summed E-state index contributed by atoms with van der Waals surface area (Å²) >= 11 is 0. The molecule has 0 aromatic heterocycles. The van der Waals surface area contributed by atoms with E-state index >= 15 is 0 Å². The summed E-state index contributed by atoms with van der Waals surface area (Å²) < 4.78 is 18.7. The summed E-state index contributed by atoms with van der Waals surface area (Å²) in [6, 6.07) is 6.80. The van der Waals surface area contributed by atoms with Gasteiger partial charge in [0.15, 0.2) is 5.83 Å². The Hall–Kier alpha value is -1.88. The third-order valence-corrected chi connectivity index (χ3v) is 2.82. The number of hydrogen-bond acceptors (Lipinski definition) is 3. The molecule has 1 amide bonds. The molecule has 1 heterocycles. The van der Waals surface area contributed by atoms with E-state index < -0.39 is 17.3 Å². The second-order valence-corrected chi connectivity index (χ2v) is 4.47.